The van der Waals surface area contributed by atoms with Gasteiger partial charge < -0.3 is 14.2 Å². The van der Waals surface area contributed by atoms with Crippen molar-refractivity contribution >= 4 is 23.2 Å². The first-order valence-electron chi connectivity index (χ1n) is 10.5. The number of hydrogen-bond donors (Lipinski definition) is 0. The summed E-state index contributed by atoms with van der Waals surface area (Å²) in [6.45, 7) is 1.28. The van der Waals surface area contributed by atoms with Crippen molar-refractivity contribution in [1.82, 2.24) is 14.8 Å². The van der Waals surface area contributed by atoms with Gasteiger partial charge in [-0.15, -0.1) is 0 Å². The number of halogens is 2. The van der Waals surface area contributed by atoms with Crippen molar-refractivity contribution in [3.05, 3.63) is 107 Å². The third-order valence-corrected chi connectivity index (χ3v) is 6.11. The van der Waals surface area contributed by atoms with Crippen LogP contribution in [0, 0.1) is 0 Å². The molecule has 4 aromatic rings. The molecule has 1 aliphatic rings. The highest BCUT2D eigenvalue weighted by Crippen LogP contribution is 2.41. The van der Waals surface area contributed by atoms with Gasteiger partial charge in [-0.2, -0.15) is 5.10 Å². The zero-order valence-corrected chi connectivity index (χ0v) is 19.1. The third kappa shape index (κ3) is 4.89. The Morgan fingerprint density at radius 3 is 2.33 bits per heavy atom. The first-order valence-corrected chi connectivity index (χ1v) is 11.3. The topological polar surface area (TPSA) is 58.4 Å². The van der Waals surface area contributed by atoms with Gasteiger partial charge in [-0.05, 0) is 48.0 Å². The highest BCUT2D eigenvalue weighted by atomic mass is 35.5. The van der Waals surface area contributed by atoms with Crippen LogP contribution in [0.15, 0.2) is 85.5 Å². The molecule has 0 atom stereocenters. The molecule has 6 nitrogen and oxygen atoms in total. The van der Waals surface area contributed by atoms with E-state index in [1.54, 1.807) is 41.3 Å². The summed E-state index contributed by atoms with van der Waals surface area (Å²) >= 11 is 12.7. The molecule has 1 aliphatic heterocycles. The van der Waals surface area contributed by atoms with Gasteiger partial charge in [-0.25, -0.2) is 9.67 Å². The molecule has 1 aromatic heterocycles. The quantitative estimate of drug-likeness (QED) is 0.334. The molecule has 0 spiro atoms. The summed E-state index contributed by atoms with van der Waals surface area (Å²) in [5.41, 5.74) is 1.87. The molecule has 0 saturated carbocycles. The lowest BCUT2D eigenvalue weighted by atomic mass is 9.97. The number of aromatic nitrogens is 3. The molecule has 1 fully saturated rings. The smallest absolute Gasteiger partial charge is 0.216 e. The van der Waals surface area contributed by atoms with E-state index >= 15 is 0 Å². The van der Waals surface area contributed by atoms with E-state index in [-0.39, 0.29) is 5.92 Å². The summed E-state index contributed by atoms with van der Waals surface area (Å²) < 4.78 is 20.4. The van der Waals surface area contributed by atoms with Gasteiger partial charge in [0.1, 0.15) is 30.7 Å². The summed E-state index contributed by atoms with van der Waals surface area (Å²) in [6, 6.07) is 22.8. The monoisotopic (exact) mass is 481 g/mol. The number of hydrogen-bond acceptors (Lipinski definition) is 5. The largest absolute Gasteiger partial charge is 0.457 e. The van der Waals surface area contributed by atoms with E-state index in [1.165, 1.54) is 11.9 Å². The summed E-state index contributed by atoms with van der Waals surface area (Å²) in [5, 5.41) is 5.35. The standard InChI is InChI=1S/C25H21Cl2N3O3/c26-20-6-8-21(9-7-20)33-22-10-11-23(24(27)12-22)25(15-30-17-28-16-29-30)31-13-19(14-32-25)18-4-2-1-3-5-18/h1-12,16-17,19H,13-15H2. The summed E-state index contributed by atoms with van der Waals surface area (Å²) in [6.07, 6.45) is 3.11. The molecule has 0 aliphatic carbocycles. The van der Waals surface area contributed by atoms with Gasteiger partial charge in [0.05, 0.1) is 18.2 Å². The molecule has 5 rings (SSSR count). The molecule has 0 amide bonds. The van der Waals surface area contributed by atoms with Crippen LogP contribution in [0.3, 0.4) is 0 Å². The van der Waals surface area contributed by atoms with Crippen molar-refractivity contribution in [2.45, 2.75) is 18.2 Å². The predicted molar refractivity (Wildman–Crippen MR) is 126 cm³/mol. The Kier molecular flexibility index (Phi) is 6.33. The molecule has 2 heterocycles. The molecule has 1 saturated heterocycles. The van der Waals surface area contributed by atoms with E-state index in [2.05, 4.69) is 22.2 Å². The van der Waals surface area contributed by atoms with E-state index in [1.807, 2.05) is 30.3 Å². The van der Waals surface area contributed by atoms with Crippen LogP contribution in [0.25, 0.3) is 0 Å². The lowest BCUT2D eigenvalue weighted by Gasteiger charge is -2.40. The van der Waals surface area contributed by atoms with Crippen molar-refractivity contribution in [2.24, 2.45) is 0 Å². The van der Waals surface area contributed by atoms with E-state index in [9.17, 15) is 0 Å². The zero-order valence-electron chi connectivity index (χ0n) is 17.6. The molecular formula is C25H21Cl2N3O3. The van der Waals surface area contributed by atoms with Gasteiger partial charge in [0, 0.05) is 16.5 Å². The maximum absolute atomic E-state index is 6.73. The Balaban J connectivity index is 1.41. The summed E-state index contributed by atoms with van der Waals surface area (Å²) in [5.74, 6) is 0.284. The van der Waals surface area contributed by atoms with Gasteiger partial charge >= 0.3 is 0 Å². The van der Waals surface area contributed by atoms with Crippen molar-refractivity contribution in [3.8, 4) is 11.5 Å². The Bertz CT molecular complexity index is 1190. The number of nitrogens with zero attached hydrogens (tertiary/aromatic N) is 3. The molecule has 0 N–H and O–H groups in total. The first kappa shape index (κ1) is 21.9. The van der Waals surface area contributed by atoms with Gasteiger partial charge in [0.2, 0.25) is 5.79 Å². The van der Waals surface area contributed by atoms with Crippen LogP contribution in [-0.4, -0.2) is 28.0 Å². The third-order valence-electron chi connectivity index (χ3n) is 5.54. The molecule has 0 radical (unpaired) electrons. The van der Waals surface area contributed by atoms with Crippen LogP contribution in [0.4, 0.5) is 0 Å². The molecule has 0 unspecified atom stereocenters. The number of benzene rings is 3. The Morgan fingerprint density at radius 2 is 1.67 bits per heavy atom. The summed E-state index contributed by atoms with van der Waals surface area (Å²) in [4.78, 5) is 4.04. The van der Waals surface area contributed by atoms with Gasteiger partial charge in [-0.3, -0.25) is 0 Å². The van der Waals surface area contributed by atoms with E-state index in [0.29, 0.717) is 46.9 Å². The minimum atomic E-state index is -1.10. The average Bonchev–Trinajstić information content (AvgIpc) is 3.34. The Labute approximate surface area is 201 Å². The normalized spacial score (nSPS) is 20.5. The second-order valence-corrected chi connectivity index (χ2v) is 8.62. The van der Waals surface area contributed by atoms with E-state index < -0.39 is 5.79 Å². The van der Waals surface area contributed by atoms with E-state index in [4.69, 9.17) is 37.4 Å². The second kappa shape index (κ2) is 9.53. The second-order valence-electron chi connectivity index (χ2n) is 7.77. The highest BCUT2D eigenvalue weighted by molar-refractivity contribution is 6.31. The number of ether oxygens (including phenoxy) is 3. The first-order chi connectivity index (χ1) is 16.1. The minimum Gasteiger partial charge on any atom is -0.457 e. The van der Waals surface area contributed by atoms with Crippen molar-refractivity contribution in [2.75, 3.05) is 13.2 Å². The molecular weight excluding hydrogens is 461 g/mol. The fourth-order valence-electron chi connectivity index (χ4n) is 3.84. The Hall–Kier alpha value is -2.90. The molecule has 33 heavy (non-hydrogen) atoms. The van der Waals surface area contributed by atoms with Crippen molar-refractivity contribution in [3.63, 3.8) is 0 Å². The minimum absolute atomic E-state index is 0.126. The zero-order chi connectivity index (χ0) is 22.7. The van der Waals surface area contributed by atoms with Crippen LogP contribution < -0.4 is 4.74 Å². The fraction of sp³-hybridized carbons (Fsp3) is 0.200. The Morgan fingerprint density at radius 1 is 0.939 bits per heavy atom. The van der Waals surface area contributed by atoms with Crippen LogP contribution in [0.5, 0.6) is 11.5 Å². The maximum Gasteiger partial charge on any atom is 0.216 e. The molecule has 8 heteroatoms. The van der Waals surface area contributed by atoms with Crippen LogP contribution in [-0.2, 0) is 21.8 Å². The van der Waals surface area contributed by atoms with E-state index in [0.717, 1.165) is 0 Å². The summed E-state index contributed by atoms with van der Waals surface area (Å²) in [7, 11) is 0. The van der Waals surface area contributed by atoms with Crippen molar-refractivity contribution < 1.29 is 14.2 Å². The predicted octanol–water partition coefficient (Wildman–Crippen LogP) is 6.06. The molecule has 168 valence electrons. The fourth-order valence-corrected chi connectivity index (χ4v) is 4.28. The SMILES string of the molecule is Clc1ccc(Oc2ccc(C3(Cn4cncn4)OCC(c4ccccc4)CO3)c(Cl)c2)cc1. The van der Waals surface area contributed by atoms with Crippen LogP contribution in [0.2, 0.25) is 10.0 Å². The number of rotatable bonds is 6. The lowest BCUT2D eigenvalue weighted by molar-refractivity contribution is -0.290. The van der Waals surface area contributed by atoms with Crippen molar-refractivity contribution in [1.29, 1.82) is 0 Å². The average molecular weight is 482 g/mol. The van der Waals surface area contributed by atoms with Gasteiger partial charge in [-0.1, -0.05) is 53.5 Å². The lowest BCUT2D eigenvalue weighted by Crippen LogP contribution is -2.44. The maximum atomic E-state index is 6.73. The molecule has 3 aromatic carbocycles. The van der Waals surface area contributed by atoms with Gasteiger partial charge in [0.25, 0.3) is 0 Å². The van der Waals surface area contributed by atoms with Crippen LogP contribution in [0.1, 0.15) is 17.0 Å². The van der Waals surface area contributed by atoms with Crippen LogP contribution >= 0.6 is 23.2 Å². The molecule has 0 bridgehead atoms. The van der Waals surface area contributed by atoms with Gasteiger partial charge in [0.15, 0.2) is 0 Å². The highest BCUT2D eigenvalue weighted by Gasteiger charge is 2.42.